The lowest BCUT2D eigenvalue weighted by Crippen LogP contribution is -2.12. The summed E-state index contributed by atoms with van der Waals surface area (Å²) in [7, 11) is 0. The van der Waals surface area contributed by atoms with Gasteiger partial charge in [0.25, 0.3) is 0 Å². The Hall–Kier alpha value is -0.530. The molecule has 0 saturated carbocycles. The van der Waals surface area contributed by atoms with Gasteiger partial charge in [0, 0.05) is 11.6 Å². The van der Waals surface area contributed by atoms with Gasteiger partial charge in [0.15, 0.2) is 0 Å². The molecule has 0 aromatic carbocycles. The number of hydrogen-bond donors (Lipinski definition) is 1. The maximum atomic E-state index is 8.47. The number of rotatable bonds is 9. The van der Waals surface area contributed by atoms with E-state index in [4.69, 9.17) is 5.21 Å². The molecule has 0 rings (SSSR count). The first-order valence-electron chi connectivity index (χ1n) is 6.31. The fourth-order valence-electron chi connectivity index (χ4n) is 1.76. The van der Waals surface area contributed by atoms with Gasteiger partial charge >= 0.3 is 0 Å². The minimum Gasteiger partial charge on any atom is -0.411 e. The van der Waals surface area contributed by atoms with E-state index in [2.05, 4.69) is 25.9 Å². The highest BCUT2D eigenvalue weighted by atomic mass is 16.4. The molecule has 0 atom stereocenters. The van der Waals surface area contributed by atoms with Gasteiger partial charge in [0.05, 0.1) is 0 Å². The number of hydrogen-bond acceptors (Lipinski definition) is 2. The summed E-state index contributed by atoms with van der Waals surface area (Å²) in [6, 6.07) is 0. The lowest BCUT2D eigenvalue weighted by Gasteiger charge is -2.17. The molecule has 0 amide bonds. The average Bonchev–Trinajstić information content (AvgIpc) is 2.16. The molecule has 2 heteroatoms. The topological polar surface area (TPSA) is 32.6 Å². The molecule has 0 aromatic heterocycles. The fourth-order valence-corrected chi connectivity index (χ4v) is 1.76. The third-order valence-corrected chi connectivity index (χ3v) is 2.83. The van der Waals surface area contributed by atoms with Crippen LogP contribution in [0.4, 0.5) is 0 Å². The van der Waals surface area contributed by atoms with Crippen molar-refractivity contribution in [3.05, 3.63) is 0 Å². The highest BCUT2D eigenvalue weighted by Gasteiger charge is 2.14. The standard InChI is InChI=1S/C13H27NO/c1-4-5-6-7-8-9-10-11-13(2,3)12-14-15/h12,15H,4-11H2,1-3H3. The molecule has 0 saturated heterocycles. The normalized spacial score (nSPS) is 12.5. The molecule has 15 heavy (non-hydrogen) atoms. The second kappa shape index (κ2) is 8.75. The minimum atomic E-state index is 0.0537. The van der Waals surface area contributed by atoms with E-state index in [1.807, 2.05) is 0 Å². The summed E-state index contributed by atoms with van der Waals surface area (Å²) >= 11 is 0. The first-order chi connectivity index (χ1) is 7.12. The predicted octanol–water partition coefficient (Wildman–Crippen LogP) is 4.61. The van der Waals surface area contributed by atoms with Gasteiger partial charge in [-0.15, -0.1) is 5.16 Å². The quantitative estimate of drug-likeness (QED) is 0.258. The van der Waals surface area contributed by atoms with Crippen LogP contribution in [0.25, 0.3) is 0 Å². The molecule has 0 fully saturated rings. The second-order valence-corrected chi connectivity index (χ2v) is 5.10. The zero-order valence-corrected chi connectivity index (χ0v) is 10.6. The Bertz CT molecular complexity index is 164. The number of oxime groups is 1. The van der Waals surface area contributed by atoms with Crippen LogP contribution in [0.15, 0.2) is 5.16 Å². The van der Waals surface area contributed by atoms with E-state index in [1.54, 1.807) is 6.21 Å². The molecule has 0 radical (unpaired) electrons. The van der Waals surface area contributed by atoms with Crippen molar-refractivity contribution in [3.8, 4) is 0 Å². The zero-order chi connectivity index (χ0) is 11.6. The first kappa shape index (κ1) is 14.5. The van der Waals surface area contributed by atoms with E-state index in [0.29, 0.717) is 0 Å². The van der Waals surface area contributed by atoms with Crippen LogP contribution in [0.1, 0.15) is 72.1 Å². The molecule has 90 valence electrons. The molecule has 0 aromatic rings. The summed E-state index contributed by atoms with van der Waals surface area (Å²) in [5.74, 6) is 0. The Morgan fingerprint density at radius 1 is 1.00 bits per heavy atom. The van der Waals surface area contributed by atoms with E-state index in [1.165, 1.54) is 44.9 Å². The van der Waals surface area contributed by atoms with Crippen LogP contribution in [0, 0.1) is 5.41 Å². The molecule has 0 unspecified atom stereocenters. The van der Waals surface area contributed by atoms with Crippen LogP contribution < -0.4 is 0 Å². The lowest BCUT2D eigenvalue weighted by atomic mass is 9.88. The van der Waals surface area contributed by atoms with Gasteiger partial charge in [-0.3, -0.25) is 0 Å². The van der Waals surface area contributed by atoms with Crippen LogP contribution in [0.5, 0.6) is 0 Å². The minimum absolute atomic E-state index is 0.0537. The van der Waals surface area contributed by atoms with Crippen molar-refractivity contribution in [1.82, 2.24) is 0 Å². The predicted molar refractivity (Wildman–Crippen MR) is 66.7 cm³/mol. The summed E-state index contributed by atoms with van der Waals surface area (Å²) in [5.41, 5.74) is 0.0537. The molecule has 0 aliphatic heterocycles. The molecule has 0 heterocycles. The molecule has 0 bridgehead atoms. The van der Waals surface area contributed by atoms with Crippen LogP contribution in [-0.2, 0) is 0 Å². The second-order valence-electron chi connectivity index (χ2n) is 5.10. The molecule has 0 aliphatic carbocycles. The number of nitrogens with zero attached hydrogens (tertiary/aromatic N) is 1. The Kier molecular flexibility index (Phi) is 8.44. The Morgan fingerprint density at radius 3 is 2.07 bits per heavy atom. The highest BCUT2D eigenvalue weighted by molar-refractivity contribution is 5.63. The summed E-state index contributed by atoms with van der Waals surface area (Å²) in [4.78, 5) is 0. The van der Waals surface area contributed by atoms with Gasteiger partial charge in [0.1, 0.15) is 0 Å². The largest absolute Gasteiger partial charge is 0.411 e. The van der Waals surface area contributed by atoms with Gasteiger partial charge in [-0.05, 0) is 6.42 Å². The number of unbranched alkanes of at least 4 members (excludes halogenated alkanes) is 6. The smallest absolute Gasteiger partial charge is 0.0492 e. The molecular formula is C13H27NO. The van der Waals surface area contributed by atoms with E-state index in [9.17, 15) is 0 Å². The van der Waals surface area contributed by atoms with Crippen molar-refractivity contribution in [2.24, 2.45) is 10.6 Å². The first-order valence-corrected chi connectivity index (χ1v) is 6.31. The third kappa shape index (κ3) is 9.77. The zero-order valence-electron chi connectivity index (χ0n) is 10.6. The molecule has 0 spiro atoms. The van der Waals surface area contributed by atoms with Gasteiger partial charge < -0.3 is 5.21 Å². The van der Waals surface area contributed by atoms with Crippen molar-refractivity contribution >= 4 is 6.21 Å². The molecular weight excluding hydrogens is 186 g/mol. The van der Waals surface area contributed by atoms with Crippen molar-refractivity contribution in [1.29, 1.82) is 0 Å². The van der Waals surface area contributed by atoms with E-state index in [0.717, 1.165) is 6.42 Å². The Labute approximate surface area is 94.8 Å². The van der Waals surface area contributed by atoms with Crippen molar-refractivity contribution in [2.45, 2.75) is 72.1 Å². The highest BCUT2D eigenvalue weighted by Crippen LogP contribution is 2.21. The molecule has 1 N–H and O–H groups in total. The maximum absolute atomic E-state index is 8.47. The van der Waals surface area contributed by atoms with E-state index < -0.39 is 0 Å². The molecule has 0 aliphatic rings. The maximum Gasteiger partial charge on any atom is 0.0492 e. The SMILES string of the molecule is CCCCCCCCCC(C)(C)C=NO. The Morgan fingerprint density at radius 2 is 1.53 bits per heavy atom. The van der Waals surface area contributed by atoms with Crippen LogP contribution in [-0.4, -0.2) is 11.4 Å². The van der Waals surface area contributed by atoms with Crippen molar-refractivity contribution in [3.63, 3.8) is 0 Å². The van der Waals surface area contributed by atoms with E-state index >= 15 is 0 Å². The van der Waals surface area contributed by atoms with Gasteiger partial charge in [-0.2, -0.15) is 0 Å². The van der Waals surface area contributed by atoms with Crippen molar-refractivity contribution < 1.29 is 5.21 Å². The van der Waals surface area contributed by atoms with Crippen molar-refractivity contribution in [2.75, 3.05) is 0 Å². The van der Waals surface area contributed by atoms with Crippen LogP contribution >= 0.6 is 0 Å². The van der Waals surface area contributed by atoms with Gasteiger partial charge in [0.2, 0.25) is 0 Å². The van der Waals surface area contributed by atoms with Gasteiger partial charge in [-0.25, -0.2) is 0 Å². The summed E-state index contributed by atoms with van der Waals surface area (Å²) in [6.45, 7) is 6.48. The van der Waals surface area contributed by atoms with Gasteiger partial charge in [-0.1, -0.05) is 65.7 Å². The molecule has 2 nitrogen and oxygen atoms in total. The Balaban J connectivity index is 3.30. The van der Waals surface area contributed by atoms with Crippen LogP contribution in [0.3, 0.4) is 0 Å². The lowest BCUT2D eigenvalue weighted by molar-refractivity contribution is 0.310. The third-order valence-electron chi connectivity index (χ3n) is 2.83. The van der Waals surface area contributed by atoms with E-state index in [-0.39, 0.29) is 5.41 Å². The monoisotopic (exact) mass is 213 g/mol. The van der Waals surface area contributed by atoms with Crippen LogP contribution in [0.2, 0.25) is 0 Å². The average molecular weight is 213 g/mol. The summed E-state index contributed by atoms with van der Waals surface area (Å²) in [6.07, 6.45) is 12.1. The fraction of sp³-hybridized carbons (Fsp3) is 0.923. The summed E-state index contributed by atoms with van der Waals surface area (Å²) < 4.78 is 0. The summed E-state index contributed by atoms with van der Waals surface area (Å²) in [5, 5.41) is 11.6.